The number of rotatable bonds is 4. The van der Waals surface area contributed by atoms with E-state index in [-0.39, 0.29) is 5.95 Å². The first kappa shape index (κ1) is 12.5. The van der Waals surface area contributed by atoms with E-state index in [0.717, 1.165) is 12.8 Å². The number of hydrogen-bond donors (Lipinski definition) is 1. The van der Waals surface area contributed by atoms with Gasteiger partial charge in [0.15, 0.2) is 0 Å². The number of aromatic nitrogens is 2. The number of aryl methyl sites for hydroxylation is 1. The van der Waals surface area contributed by atoms with Crippen molar-refractivity contribution in [2.45, 2.75) is 19.8 Å². The van der Waals surface area contributed by atoms with Crippen molar-refractivity contribution in [3.63, 3.8) is 0 Å². The Morgan fingerprint density at radius 1 is 1.44 bits per heavy atom. The van der Waals surface area contributed by atoms with E-state index in [1.54, 1.807) is 29.8 Å². The number of nitrogens with zero attached hydrogens (tertiary/aromatic N) is 2. The molecule has 6 heteroatoms. The summed E-state index contributed by atoms with van der Waals surface area (Å²) in [6.45, 7) is 2.11. The topological polar surface area (TPSA) is 64.1 Å². The molecule has 2 heterocycles. The van der Waals surface area contributed by atoms with Crippen LogP contribution in [0.1, 0.15) is 18.2 Å². The van der Waals surface area contributed by atoms with Gasteiger partial charge in [0, 0.05) is 22.7 Å². The number of ether oxygens (including phenoxy) is 1. The first-order chi connectivity index (χ1) is 8.78. The van der Waals surface area contributed by atoms with Gasteiger partial charge in [-0.3, -0.25) is 5.32 Å². The third-order valence-electron chi connectivity index (χ3n) is 2.12. The largest absolute Gasteiger partial charge is 0.419 e. The Hall–Kier alpha value is -1.95. The first-order valence-corrected chi connectivity index (χ1v) is 6.49. The van der Waals surface area contributed by atoms with Crippen LogP contribution in [0.25, 0.3) is 0 Å². The van der Waals surface area contributed by atoms with Crippen LogP contribution in [-0.4, -0.2) is 16.1 Å². The molecular formula is C12H13N3O2S. The van der Waals surface area contributed by atoms with E-state index in [9.17, 15) is 4.79 Å². The fourth-order valence-electron chi connectivity index (χ4n) is 1.38. The van der Waals surface area contributed by atoms with Gasteiger partial charge in [0.2, 0.25) is 5.95 Å². The summed E-state index contributed by atoms with van der Waals surface area (Å²) in [6, 6.07) is 3.55. The summed E-state index contributed by atoms with van der Waals surface area (Å²) in [4.78, 5) is 20.5. The minimum Gasteiger partial charge on any atom is -0.409 e. The third-order valence-corrected chi connectivity index (χ3v) is 3.09. The molecule has 0 aliphatic heterocycles. The van der Waals surface area contributed by atoms with Gasteiger partial charge in [0.1, 0.15) is 5.75 Å². The highest BCUT2D eigenvalue weighted by Gasteiger charge is 2.08. The Kier molecular flexibility index (Phi) is 4.25. The zero-order chi connectivity index (χ0) is 12.8. The van der Waals surface area contributed by atoms with Gasteiger partial charge in [-0.25, -0.2) is 14.8 Å². The lowest BCUT2D eigenvalue weighted by molar-refractivity contribution is 0.215. The lowest BCUT2D eigenvalue weighted by Gasteiger charge is -2.02. The summed E-state index contributed by atoms with van der Waals surface area (Å²) in [5.41, 5.74) is 0. The number of carbonyl (C=O) groups is 1. The van der Waals surface area contributed by atoms with Crippen LogP contribution in [0.3, 0.4) is 0 Å². The second kappa shape index (κ2) is 6.11. The van der Waals surface area contributed by atoms with Crippen LogP contribution in [0.5, 0.6) is 5.75 Å². The van der Waals surface area contributed by atoms with Crippen LogP contribution in [0, 0.1) is 0 Å². The van der Waals surface area contributed by atoms with Crippen LogP contribution < -0.4 is 10.1 Å². The Morgan fingerprint density at radius 2 is 2.22 bits per heavy atom. The molecule has 0 bridgehead atoms. The molecule has 0 aliphatic rings. The minimum atomic E-state index is -0.581. The van der Waals surface area contributed by atoms with E-state index in [1.165, 1.54) is 4.88 Å². The number of hydrogen-bond acceptors (Lipinski definition) is 5. The van der Waals surface area contributed by atoms with E-state index < -0.39 is 6.09 Å². The van der Waals surface area contributed by atoms with Crippen molar-refractivity contribution >= 4 is 23.4 Å². The van der Waals surface area contributed by atoms with Crippen molar-refractivity contribution in [2.75, 3.05) is 5.32 Å². The standard InChI is InChI=1S/C12H13N3O2S/c1-2-4-10-7-9(8-18-10)17-12(16)15-11-13-5-3-6-14-11/h3,5-8H,2,4H2,1H3,(H,13,14,15,16). The Labute approximate surface area is 109 Å². The molecule has 0 atom stereocenters. The highest BCUT2D eigenvalue weighted by molar-refractivity contribution is 7.10. The number of nitrogens with one attached hydrogen (secondary N) is 1. The quantitative estimate of drug-likeness (QED) is 0.920. The van der Waals surface area contributed by atoms with E-state index in [1.807, 2.05) is 11.4 Å². The molecule has 0 saturated carbocycles. The Morgan fingerprint density at radius 3 is 2.94 bits per heavy atom. The van der Waals surface area contributed by atoms with Crippen LogP contribution in [-0.2, 0) is 6.42 Å². The maximum Gasteiger partial charge on any atom is 0.419 e. The van der Waals surface area contributed by atoms with Gasteiger partial charge >= 0.3 is 6.09 Å². The Bertz CT molecular complexity index is 513. The zero-order valence-electron chi connectivity index (χ0n) is 9.92. The minimum absolute atomic E-state index is 0.228. The molecule has 0 saturated heterocycles. The molecule has 2 aromatic rings. The molecule has 0 fully saturated rings. The summed E-state index contributed by atoms with van der Waals surface area (Å²) in [7, 11) is 0. The number of anilines is 1. The molecule has 18 heavy (non-hydrogen) atoms. The van der Waals surface area contributed by atoms with Crippen LogP contribution in [0.15, 0.2) is 29.9 Å². The van der Waals surface area contributed by atoms with Gasteiger partial charge in [0.05, 0.1) is 0 Å². The SMILES string of the molecule is CCCc1cc(OC(=O)Nc2ncccn2)cs1. The molecule has 5 nitrogen and oxygen atoms in total. The van der Waals surface area contributed by atoms with Gasteiger partial charge in [-0.05, 0) is 18.6 Å². The molecule has 0 aromatic carbocycles. The maximum atomic E-state index is 11.5. The van der Waals surface area contributed by atoms with Crippen molar-refractivity contribution in [3.8, 4) is 5.75 Å². The predicted octanol–water partition coefficient (Wildman–Crippen LogP) is 3.10. The maximum absolute atomic E-state index is 11.5. The lowest BCUT2D eigenvalue weighted by atomic mass is 10.3. The van der Waals surface area contributed by atoms with Crippen LogP contribution in [0.4, 0.5) is 10.7 Å². The zero-order valence-corrected chi connectivity index (χ0v) is 10.7. The molecule has 0 spiro atoms. The molecule has 0 unspecified atom stereocenters. The number of carbonyl (C=O) groups excluding carboxylic acids is 1. The van der Waals surface area contributed by atoms with E-state index in [0.29, 0.717) is 5.75 Å². The summed E-state index contributed by atoms with van der Waals surface area (Å²) in [5, 5.41) is 4.27. The molecule has 1 N–H and O–H groups in total. The smallest absolute Gasteiger partial charge is 0.409 e. The number of thiophene rings is 1. The highest BCUT2D eigenvalue weighted by atomic mass is 32.1. The van der Waals surface area contributed by atoms with Crippen molar-refractivity contribution in [1.82, 2.24) is 9.97 Å². The molecule has 0 radical (unpaired) electrons. The summed E-state index contributed by atoms with van der Waals surface area (Å²) in [6.07, 6.45) is 4.59. The molecule has 1 amide bonds. The number of amides is 1. The third kappa shape index (κ3) is 3.53. The first-order valence-electron chi connectivity index (χ1n) is 5.61. The Balaban J connectivity index is 1.90. The van der Waals surface area contributed by atoms with Gasteiger partial charge in [-0.1, -0.05) is 13.3 Å². The average Bonchev–Trinajstić information content (AvgIpc) is 2.78. The van der Waals surface area contributed by atoms with Crippen LogP contribution in [0.2, 0.25) is 0 Å². The molecule has 94 valence electrons. The lowest BCUT2D eigenvalue weighted by Crippen LogP contribution is -2.17. The summed E-state index contributed by atoms with van der Waals surface area (Å²) >= 11 is 1.59. The molecule has 0 aliphatic carbocycles. The summed E-state index contributed by atoms with van der Waals surface area (Å²) < 4.78 is 5.13. The van der Waals surface area contributed by atoms with E-state index >= 15 is 0 Å². The molecule has 2 rings (SSSR count). The molecular weight excluding hydrogens is 250 g/mol. The van der Waals surface area contributed by atoms with Crippen LogP contribution >= 0.6 is 11.3 Å². The fraction of sp³-hybridized carbons (Fsp3) is 0.250. The molecule has 2 aromatic heterocycles. The highest BCUT2D eigenvalue weighted by Crippen LogP contribution is 2.22. The van der Waals surface area contributed by atoms with Crippen molar-refractivity contribution in [1.29, 1.82) is 0 Å². The van der Waals surface area contributed by atoms with E-state index in [4.69, 9.17) is 4.74 Å². The van der Waals surface area contributed by atoms with Gasteiger partial charge in [-0.2, -0.15) is 0 Å². The normalized spacial score (nSPS) is 10.1. The van der Waals surface area contributed by atoms with Gasteiger partial charge < -0.3 is 4.74 Å². The van der Waals surface area contributed by atoms with E-state index in [2.05, 4.69) is 22.2 Å². The van der Waals surface area contributed by atoms with Crippen molar-refractivity contribution in [3.05, 3.63) is 34.8 Å². The second-order valence-electron chi connectivity index (χ2n) is 3.59. The monoisotopic (exact) mass is 263 g/mol. The average molecular weight is 263 g/mol. The van der Waals surface area contributed by atoms with Crippen molar-refractivity contribution < 1.29 is 9.53 Å². The predicted molar refractivity (Wildman–Crippen MR) is 70.0 cm³/mol. The van der Waals surface area contributed by atoms with Gasteiger partial charge in [0.25, 0.3) is 0 Å². The second-order valence-corrected chi connectivity index (χ2v) is 4.58. The van der Waals surface area contributed by atoms with Gasteiger partial charge in [-0.15, -0.1) is 11.3 Å². The summed E-state index contributed by atoms with van der Waals surface area (Å²) in [5.74, 6) is 0.781. The fourth-order valence-corrected chi connectivity index (χ4v) is 2.27. The van der Waals surface area contributed by atoms with Crippen molar-refractivity contribution in [2.24, 2.45) is 0 Å².